The highest BCUT2D eigenvalue weighted by atomic mass is 16.7. The van der Waals surface area contributed by atoms with Crippen LogP contribution in [0.1, 0.15) is 60.5 Å². The van der Waals surface area contributed by atoms with Gasteiger partial charge in [0.25, 0.3) is 0 Å². The molecule has 2 atom stereocenters. The Kier molecular flexibility index (Phi) is 6.45. The van der Waals surface area contributed by atoms with Gasteiger partial charge < -0.3 is 18.8 Å². The Morgan fingerprint density at radius 3 is 2.49 bits per heavy atom. The predicted molar refractivity (Wildman–Crippen MR) is 147 cm³/mol. The first-order valence-corrected chi connectivity index (χ1v) is 13.3. The number of methoxy groups -OCH3 is 1. The van der Waals surface area contributed by atoms with Crippen LogP contribution in [0.4, 0.5) is 10.5 Å². The average Bonchev–Trinajstić information content (AvgIpc) is 3.46. The number of hydrogen-bond donors (Lipinski definition) is 0. The summed E-state index contributed by atoms with van der Waals surface area (Å²) in [6.45, 7) is 15.2. The van der Waals surface area contributed by atoms with Crippen molar-refractivity contribution in [2.75, 3.05) is 20.3 Å². The number of carbonyl (C=O) groups excluding carboxylic acids is 1. The van der Waals surface area contributed by atoms with Gasteiger partial charge in [-0.15, -0.1) is 0 Å². The SMILES string of the molecule is COC[C@H]1C[C@@H](C2=Nc3ccc4cc(B5OC(C)(C)C(C)(C)O5)ccc4c3C2)N(C(=O)OC(C)(C)C)C1. The summed E-state index contributed by atoms with van der Waals surface area (Å²) in [5, 5.41) is 2.31. The fraction of sp³-hybridized carbons (Fsp3) is 0.586. The van der Waals surface area contributed by atoms with Crippen molar-refractivity contribution >= 4 is 40.8 Å². The molecule has 1 amide bonds. The van der Waals surface area contributed by atoms with Crippen molar-refractivity contribution in [1.82, 2.24) is 4.90 Å². The molecule has 0 N–H and O–H groups in total. The minimum absolute atomic E-state index is 0.0959. The maximum Gasteiger partial charge on any atom is 0.494 e. The largest absolute Gasteiger partial charge is 0.494 e. The molecule has 0 aliphatic carbocycles. The molecule has 2 aromatic carbocycles. The number of amides is 1. The highest BCUT2D eigenvalue weighted by Crippen LogP contribution is 2.39. The molecule has 8 heteroatoms. The Labute approximate surface area is 220 Å². The number of likely N-dealkylation sites (tertiary alicyclic amines) is 1. The number of nitrogens with zero attached hydrogens (tertiary/aromatic N) is 2. The van der Waals surface area contributed by atoms with E-state index >= 15 is 0 Å². The Hall–Kier alpha value is -2.42. The first-order chi connectivity index (χ1) is 17.3. The van der Waals surface area contributed by atoms with E-state index < -0.39 is 12.7 Å². The second kappa shape index (κ2) is 9.10. The zero-order valence-corrected chi connectivity index (χ0v) is 23.4. The van der Waals surface area contributed by atoms with Crippen LogP contribution in [0.15, 0.2) is 35.3 Å². The molecule has 2 saturated heterocycles. The number of aliphatic imine (C=N–C) groups is 1. The summed E-state index contributed by atoms with van der Waals surface area (Å²) in [4.78, 5) is 20.0. The molecule has 3 aliphatic heterocycles. The molecule has 7 nitrogen and oxygen atoms in total. The van der Waals surface area contributed by atoms with E-state index in [-0.39, 0.29) is 29.3 Å². The predicted octanol–water partition coefficient (Wildman–Crippen LogP) is 5.04. The van der Waals surface area contributed by atoms with E-state index in [9.17, 15) is 4.79 Å². The number of ether oxygens (including phenoxy) is 2. The minimum Gasteiger partial charge on any atom is -0.444 e. The molecular formula is C29H39BN2O5. The molecule has 0 bridgehead atoms. The molecule has 3 aliphatic rings. The lowest BCUT2D eigenvalue weighted by Crippen LogP contribution is -2.43. The molecule has 0 radical (unpaired) electrons. The van der Waals surface area contributed by atoms with E-state index in [0.29, 0.717) is 19.6 Å². The molecule has 0 saturated carbocycles. The number of rotatable bonds is 4. The lowest BCUT2D eigenvalue weighted by molar-refractivity contribution is 0.00578. The van der Waals surface area contributed by atoms with E-state index in [1.165, 1.54) is 10.9 Å². The molecular weight excluding hydrogens is 467 g/mol. The summed E-state index contributed by atoms with van der Waals surface area (Å²) in [6, 6.07) is 10.5. The Morgan fingerprint density at radius 2 is 1.84 bits per heavy atom. The molecule has 5 rings (SSSR count). The van der Waals surface area contributed by atoms with E-state index in [1.54, 1.807) is 7.11 Å². The van der Waals surface area contributed by atoms with Crippen molar-refractivity contribution in [3.8, 4) is 0 Å². The summed E-state index contributed by atoms with van der Waals surface area (Å²) in [6.07, 6.45) is 1.25. The number of hydrogen-bond acceptors (Lipinski definition) is 6. The normalized spacial score (nSPS) is 24.5. The summed E-state index contributed by atoms with van der Waals surface area (Å²) in [5.41, 5.74) is 2.90. The molecule has 0 spiro atoms. The fourth-order valence-corrected chi connectivity index (χ4v) is 5.50. The third-order valence-electron chi connectivity index (χ3n) is 8.08. The van der Waals surface area contributed by atoms with Crippen LogP contribution < -0.4 is 5.46 Å². The van der Waals surface area contributed by atoms with Gasteiger partial charge in [0, 0.05) is 31.7 Å². The van der Waals surface area contributed by atoms with Gasteiger partial charge in [-0.1, -0.05) is 24.3 Å². The molecule has 0 unspecified atom stereocenters. The first kappa shape index (κ1) is 26.2. The van der Waals surface area contributed by atoms with Gasteiger partial charge in [0.05, 0.1) is 29.5 Å². The van der Waals surface area contributed by atoms with Crippen LogP contribution >= 0.6 is 0 Å². The van der Waals surface area contributed by atoms with Crippen LogP contribution in [-0.4, -0.2) is 66.9 Å². The summed E-state index contributed by atoms with van der Waals surface area (Å²) in [5.74, 6) is 0.258. The standard InChI is InChI=1S/C29H39BN2O5/c1-27(2,3)35-26(33)32-16-18(17-34-8)13-25(32)24-15-22-21-11-10-20(14-19(21)9-12-23(22)31-24)30-36-28(4,5)29(6,7)37-30/h9-12,14,18,25H,13,15-17H2,1-8H3/t18-,25-/m0/s1. The van der Waals surface area contributed by atoms with Gasteiger partial charge in [0.2, 0.25) is 0 Å². The quantitative estimate of drug-likeness (QED) is 0.544. The minimum atomic E-state index is -0.549. The van der Waals surface area contributed by atoms with Crippen molar-refractivity contribution in [2.24, 2.45) is 10.9 Å². The lowest BCUT2D eigenvalue weighted by atomic mass is 9.78. The summed E-state index contributed by atoms with van der Waals surface area (Å²) >= 11 is 0. The zero-order chi connectivity index (χ0) is 26.8. The monoisotopic (exact) mass is 506 g/mol. The number of carbonyl (C=O) groups is 1. The van der Waals surface area contributed by atoms with Gasteiger partial charge >= 0.3 is 13.2 Å². The van der Waals surface area contributed by atoms with Crippen LogP contribution in [0.3, 0.4) is 0 Å². The molecule has 37 heavy (non-hydrogen) atoms. The van der Waals surface area contributed by atoms with Gasteiger partial charge in [-0.3, -0.25) is 9.89 Å². The van der Waals surface area contributed by atoms with Crippen molar-refractivity contribution in [3.63, 3.8) is 0 Å². The van der Waals surface area contributed by atoms with Gasteiger partial charge in [-0.25, -0.2) is 4.79 Å². The van der Waals surface area contributed by atoms with E-state index in [0.717, 1.165) is 28.7 Å². The van der Waals surface area contributed by atoms with E-state index in [2.05, 4.69) is 58.0 Å². The lowest BCUT2D eigenvalue weighted by Gasteiger charge is -2.32. The third kappa shape index (κ3) is 4.91. The number of fused-ring (bicyclic) bond motifs is 3. The van der Waals surface area contributed by atoms with E-state index in [4.69, 9.17) is 23.8 Å². The van der Waals surface area contributed by atoms with Gasteiger partial charge in [0.1, 0.15) is 5.60 Å². The summed E-state index contributed by atoms with van der Waals surface area (Å²) in [7, 11) is 1.31. The van der Waals surface area contributed by atoms with E-state index in [1.807, 2.05) is 25.7 Å². The maximum atomic E-state index is 13.1. The van der Waals surface area contributed by atoms with Crippen LogP contribution in [0.2, 0.25) is 0 Å². The second-order valence-corrected chi connectivity index (χ2v) is 12.6. The van der Waals surface area contributed by atoms with Crippen molar-refractivity contribution in [3.05, 3.63) is 35.9 Å². The first-order valence-electron chi connectivity index (χ1n) is 13.3. The Morgan fingerprint density at radius 1 is 1.14 bits per heavy atom. The van der Waals surface area contributed by atoms with Crippen molar-refractivity contribution in [1.29, 1.82) is 0 Å². The molecule has 3 heterocycles. The smallest absolute Gasteiger partial charge is 0.444 e. The fourth-order valence-electron chi connectivity index (χ4n) is 5.50. The van der Waals surface area contributed by atoms with Crippen molar-refractivity contribution in [2.45, 2.75) is 84.2 Å². The maximum absolute atomic E-state index is 13.1. The summed E-state index contributed by atoms with van der Waals surface area (Å²) < 4.78 is 23.7. The highest BCUT2D eigenvalue weighted by molar-refractivity contribution is 6.62. The molecule has 198 valence electrons. The van der Waals surface area contributed by atoms with Crippen LogP contribution in [0, 0.1) is 5.92 Å². The van der Waals surface area contributed by atoms with Crippen LogP contribution in [0.5, 0.6) is 0 Å². The Bertz CT molecular complexity index is 1230. The van der Waals surface area contributed by atoms with Gasteiger partial charge in [-0.2, -0.15) is 0 Å². The zero-order valence-electron chi connectivity index (χ0n) is 23.4. The molecule has 2 fully saturated rings. The van der Waals surface area contributed by atoms with Gasteiger partial charge in [0.15, 0.2) is 0 Å². The highest BCUT2D eigenvalue weighted by Gasteiger charge is 2.51. The van der Waals surface area contributed by atoms with Crippen molar-refractivity contribution < 1.29 is 23.6 Å². The molecule has 0 aromatic heterocycles. The van der Waals surface area contributed by atoms with Crippen LogP contribution in [0.25, 0.3) is 10.8 Å². The van der Waals surface area contributed by atoms with Crippen LogP contribution in [-0.2, 0) is 25.2 Å². The molecule has 2 aromatic rings. The third-order valence-corrected chi connectivity index (χ3v) is 8.08. The second-order valence-electron chi connectivity index (χ2n) is 12.6. The Balaban J connectivity index is 1.40. The topological polar surface area (TPSA) is 69.6 Å². The number of benzene rings is 2. The van der Waals surface area contributed by atoms with Gasteiger partial charge in [-0.05, 0) is 82.8 Å². The average molecular weight is 506 g/mol.